The Morgan fingerprint density at radius 1 is 1.17 bits per heavy atom. The minimum absolute atomic E-state index is 0.365. The van der Waals surface area contributed by atoms with E-state index in [1.807, 2.05) is 0 Å². The summed E-state index contributed by atoms with van der Waals surface area (Å²) in [5.74, 6) is -2.46. The molecule has 1 atom stereocenters. The van der Waals surface area contributed by atoms with E-state index in [4.69, 9.17) is 10.8 Å². The number of nitrogens with two attached hydrogens (primary N) is 1. The molecule has 0 unspecified atom stereocenters. The number of amides is 2. The van der Waals surface area contributed by atoms with E-state index in [2.05, 4.69) is 10.9 Å². The topological polar surface area (TPSA) is 122 Å². The number of rotatable bonds is 4. The van der Waals surface area contributed by atoms with Gasteiger partial charge in [-0.05, 0) is 12.1 Å². The van der Waals surface area contributed by atoms with Crippen LogP contribution in [0.2, 0.25) is 0 Å². The lowest BCUT2D eigenvalue weighted by atomic mass is 10.2. The summed E-state index contributed by atoms with van der Waals surface area (Å²) in [4.78, 5) is 33.1. The zero-order chi connectivity index (χ0) is 13.5. The maximum absolute atomic E-state index is 11.5. The molecular formula is C11H13N3O4. The summed E-state index contributed by atoms with van der Waals surface area (Å²) in [5, 5.41) is 8.44. The molecule has 18 heavy (non-hydrogen) atoms. The fourth-order valence-electron chi connectivity index (χ4n) is 1.15. The number of hydrogen-bond acceptors (Lipinski definition) is 4. The Bertz CT molecular complexity index is 447. The van der Waals surface area contributed by atoms with Crippen LogP contribution in [0.1, 0.15) is 16.8 Å². The summed E-state index contributed by atoms with van der Waals surface area (Å²) in [7, 11) is 0. The fourth-order valence-corrected chi connectivity index (χ4v) is 1.15. The largest absolute Gasteiger partial charge is 0.481 e. The molecule has 7 heteroatoms. The second kappa shape index (κ2) is 6.36. The third-order valence-corrected chi connectivity index (χ3v) is 2.07. The highest BCUT2D eigenvalue weighted by Gasteiger charge is 2.17. The molecule has 0 saturated carbocycles. The van der Waals surface area contributed by atoms with Gasteiger partial charge in [-0.25, -0.2) is 0 Å². The van der Waals surface area contributed by atoms with E-state index in [1.54, 1.807) is 30.3 Å². The molecule has 1 aromatic carbocycles. The Morgan fingerprint density at radius 3 is 2.33 bits per heavy atom. The van der Waals surface area contributed by atoms with Crippen molar-refractivity contribution < 1.29 is 19.5 Å². The van der Waals surface area contributed by atoms with E-state index >= 15 is 0 Å². The highest BCUT2D eigenvalue weighted by atomic mass is 16.4. The van der Waals surface area contributed by atoms with Crippen molar-refractivity contribution in [2.24, 2.45) is 5.73 Å². The van der Waals surface area contributed by atoms with Crippen LogP contribution in [0, 0.1) is 0 Å². The number of hydrazine groups is 1. The van der Waals surface area contributed by atoms with Crippen molar-refractivity contribution in [1.82, 2.24) is 10.9 Å². The van der Waals surface area contributed by atoms with Gasteiger partial charge in [0, 0.05) is 5.56 Å². The van der Waals surface area contributed by atoms with Crippen LogP contribution >= 0.6 is 0 Å². The van der Waals surface area contributed by atoms with Gasteiger partial charge < -0.3 is 10.8 Å². The summed E-state index contributed by atoms with van der Waals surface area (Å²) in [5.41, 5.74) is 9.86. The third-order valence-electron chi connectivity index (χ3n) is 2.07. The molecule has 0 saturated heterocycles. The molecule has 0 spiro atoms. The highest BCUT2D eigenvalue weighted by molar-refractivity contribution is 5.96. The van der Waals surface area contributed by atoms with E-state index in [0.29, 0.717) is 5.56 Å². The predicted octanol–water partition coefficient (Wildman–Crippen LogP) is -0.750. The van der Waals surface area contributed by atoms with Crippen molar-refractivity contribution in [1.29, 1.82) is 0 Å². The van der Waals surface area contributed by atoms with E-state index in [1.165, 1.54) is 0 Å². The zero-order valence-electron chi connectivity index (χ0n) is 9.42. The number of carbonyl (C=O) groups is 3. The van der Waals surface area contributed by atoms with E-state index in [-0.39, 0.29) is 0 Å². The van der Waals surface area contributed by atoms with Crippen molar-refractivity contribution in [3.05, 3.63) is 35.9 Å². The third kappa shape index (κ3) is 4.22. The van der Waals surface area contributed by atoms with Gasteiger partial charge >= 0.3 is 5.97 Å². The molecule has 0 radical (unpaired) electrons. The first kappa shape index (κ1) is 13.7. The van der Waals surface area contributed by atoms with Crippen LogP contribution in [-0.4, -0.2) is 28.9 Å². The summed E-state index contributed by atoms with van der Waals surface area (Å²) in [6.45, 7) is 0. The van der Waals surface area contributed by atoms with Crippen molar-refractivity contribution in [3.8, 4) is 0 Å². The number of carboxylic acid groups (broad SMARTS) is 1. The van der Waals surface area contributed by atoms with Crippen LogP contribution in [0.15, 0.2) is 30.3 Å². The maximum atomic E-state index is 11.5. The first-order chi connectivity index (χ1) is 8.50. The molecule has 0 aliphatic heterocycles. The second-order valence-corrected chi connectivity index (χ2v) is 3.51. The van der Waals surface area contributed by atoms with Gasteiger partial charge in [-0.1, -0.05) is 18.2 Å². The normalized spacial score (nSPS) is 11.4. The van der Waals surface area contributed by atoms with E-state index in [9.17, 15) is 14.4 Å². The van der Waals surface area contributed by atoms with Gasteiger partial charge in [-0.3, -0.25) is 25.2 Å². The molecule has 7 nitrogen and oxygen atoms in total. The summed E-state index contributed by atoms with van der Waals surface area (Å²) >= 11 is 0. The predicted molar refractivity (Wildman–Crippen MR) is 62.3 cm³/mol. The average Bonchev–Trinajstić information content (AvgIpc) is 2.35. The van der Waals surface area contributed by atoms with Crippen molar-refractivity contribution >= 4 is 17.8 Å². The molecule has 0 heterocycles. The van der Waals surface area contributed by atoms with Crippen LogP contribution in [-0.2, 0) is 9.59 Å². The van der Waals surface area contributed by atoms with Gasteiger partial charge in [0.15, 0.2) is 0 Å². The van der Waals surface area contributed by atoms with Crippen molar-refractivity contribution in [3.63, 3.8) is 0 Å². The standard InChI is InChI=1S/C11H13N3O4/c12-8(6-9(15)16)11(18)14-13-10(17)7-4-2-1-3-5-7/h1-5,8H,6,12H2,(H,13,17)(H,14,18)(H,15,16)/t8-/m0/s1. The number of aliphatic carboxylic acids is 1. The summed E-state index contributed by atoms with van der Waals surface area (Å²) < 4.78 is 0. The summed E-state index contributed by atoms with van der Waals surface area (Å²) in [6, 6.07) is 7.02. The van der Waals surface area contributed by atoms with Crippen LogP contribution < -0.4 is 16.6 Å². The SMILES string of the molecule is N[C@@H](CC(=O)O)C(=O)NNC(=O)c1ccccc1. The molecule has 1 aromatic rings. The minimum Gasteiger partial charge on any atom is -0.481 e. The molecule has 1 rings (SSSR count). The summed E-state index contributed by atoms with van der Waals surface area (Å²) in [6.07, 6.45) is -0.507. The zero-order valence-corrected chi connectivity index (χ0v) is 9.42. The van der Waals surface area contributed by atoms with Crippen LogP contribution in [0.4, 0.5) is 0 Å². The van der Waals surface area contributed by atoms with E-state index < -0.39 is 30.2 Å². The Kier molecular flexibility index (Phi) is 4.82. The smallest absolute Gasteiger partial charge is 0.305 e. The number of nitrogens with one attached hydrogen (secondary N) is 2. The number of hydrogen-bond donors (Lipinski definition) is 4. The van der Waals surface area contributed by atoms with Crippen molar-refractivity contribution in [2.45, 2.75) is 12.5 Å². The number of benzene rings is 1. The second-order valence-electron chi connectivity index (χ2n) is 3.51. The van der Waals surface area contributed by atoms with Gasteiger partial charge in [0.2, 0.25) is 0 Å². The first-order valence-corrected chi connectivity index (χ1v) is 5.13. The van der Waals surface area contributed by atoms with Crippen LogP contribution in [0.25, 0.3) is 0 Å². The van der Waals surface area contributed by atoms with Crippen LogP contribution in [0.5, 0.6) is 0 Å². The molecule has 96 valence electrons. The lowest BCUT2D eigenvalue weighted by Gasteiger charge is -2.11. The van der Waals surface area contributed by atoms with Gasteiger partial charge in [0.25, 0.3) is 11.8 Å². The molecular weight excluding hydrogens is 238 g/mol. The number of carbonyl (C=O) groups excluding carboxylic acids is 2. The molecule has 0 fully saturated rings. The lowest BCUT2D eigenvalue weighted by Crippen LogP contribution is -2.49. The van der Waals surface area contributed by atoms with Crippen molar-refractivity contribution in [2.75, 3.05) is 0 Å². The molecule has 2 amide bonds. The minimum atomic E-state index is -1.21. The number of carboxylic acids is 1. The Hall–Kier alpha value is -2.41. The maximum Gasteiger partial charge on any atom is 0.305 e. The molecule has 0 aromatic heterocycles. The molecule has 0 aliphatic carbocycles. The molecule has 0 aliphatic rings. The highest BCUT2D eigenvalue weighted by Crippen LogP contribution is 1.96. The Balaban J connectivity index is 2.44. The molecule has 5 N–H and O–H groups in total. The fraction of sp³-hybridized carbons (Fsp3) is 0.182. The van der Waals surface area contributed by atoms with Gasteiger partial charge in [-0.15, -0.1) is 0 Å². The van der Waals surface area contributed by atoms with Crippen LogP contribution in [0.3, 0.4) is 0 Å². The first-order valence-electron chi connectivity index (χ1n) is 5.13. The van der Waals surface area contributed by atoms with Gasteiger partial charge in [-0.2, -0.15) is 0 Å². The Labute approximate surface area is 103 Å². The quantitative estimate of drug-likeness (QED) is 0.524. The van der Waals surface area contributed by atoms with Gasteiger partial charge in [0.05, 0.1) is 12.5 Å². The molecule has 0 bridgehead atoms. The Morgan fingerprint density at radius 2 is 1.78 bits per heavy atom. The lowest BCUT2D eigenvalue weighted by molar-refractivity contribution is -0.139. The van der Waals surface area contributed by atoms with E-state index in [0.717, 1.165) is 0 Å². The monoisotopic (exact) mass is 251 g/mol. The van der Waals surface area contributed by atoms with Gasteiger partial charge in [0.1, 0.15) is 0 Å². The average molecular weight is 251 g/mol.